The third kappa shape index (κ3) is 1.93. The van der Waals surface area contributed by atoms with Gasteiger partial charge in [0.25, 0.3) is 0 Å². The van der Waals surface area contributed by atoms with Gasteiger partial charge in [0.15, 0.2) is 0 Å². The molecule has 1 rings (SSSR count). The predicted octanol–water partition coefficient (Wildman–Crippen LogP) is 0.710. The first kappa shape index (κ1) is 8.53. The van der Waals surface area contributed by atoms with Gasteiger partial charge in [0, 0.05) is 0 Å². The van der Waals surface area contributed by atoms with E-state index in [2.05, 4.69) is 0 Å². The minimum atomic E-state index is -0.331. The van der Waals surface area contributed by atoms with Gasteiger partial charge in [-0.05, 0) is 26.7 Å². The third-order valence-corrected chi connectivity index (χ3v) is 2.03. The lowest BCUT2D eigenvalue weighted by Gasteiger charge is -2.32. The van der Waals surface area contributed by atoms with Crippen molar-refractivity contribution in [2.45, 2.75) is 32.3 Å². The van der Waals surface area contributed by atoms with E-state index in [-0.39, 0.29) is 24.1 Å². The van der Waals surface area contributed by atoms with Crippen molar-refractivity contribution in [1.29, 1.82) is 0 Å². The normalized spacial score (nSPS) is 29.7. The maximum absolute atomic E-state index is 11.1. The third-order valence-electron chi connectivity index (χ3n) is 2.03. The van der Waals surface area contributed by atoms with Crippen molar-refractivity contribution in [2.24, 2.45) is 5.92 Å². The number of ether oxygens (including phenoxy) is 1. The summed E-state index contributed by atoms with van der Waals surface area (Å²) < 4.78 is 5.08. The molecule has 0 aliphatic carbocycles. The molecule has 64 valence electrons. The molecule has 1 aliphatic heterocycles. The number of aliphatic hydroxyl groups excluding tert-OH is 1. The molecule has 1 atom stereocenters. The predicted molar refractivity (Wildman–Crippen MR) is 40.0 cm³/mol. The Labute approximate surface area is 66.4 Å². The summed E-state index contributed by atoms with van der Waals surface area (Å²) in [6.07, 6.45) is 1.58. The number of carbonyl (C=O) groups is 1. The van der Waals surface area contributed by atoms with Gasteiger partial charge in [-0.3, -0.25) is 4.79 Å². The molecule has 1 heterocycles. The fourth-order valence-corrected chi connectivity index (χ4v) is 1.21. The lowest BCUT2D eigenvalue weighted by atomic mass is 9.91. The summed E-state index contributed by atoms with van der Waals surface area (Å²) in [6.45, 7) is 3.69. The fourth-order valence-electron chi connectivity index (χ4n) is 1.21. The van der Waals surface area contributed by atoms with Crippen molar-refractivity contribution in [3.8, 4) is 0 Å². The molecule has 0 aromatic heterocycles. The molecule has 1 fully saturated rings. The smallest absolute Gasteiger partial charge is 0.311 e. The first-order valence-corrected chi connectivity index (χ1v) is 3.89. The Morgan fingerprint density at radius 1 is 1.73 bits per heavy atom. The van der Waals surface area contributed by atoms with E-state index in [4.69, 9.17) is 9.84 Å². The summed E-state index contributed by atoms with van der Waals surface area (Å²) in [5.74, 6) is -0.549. The van der Waals surface area contributed by atoms with Gasteiger partial charge in [0.1, 0.15) is 5.60 Å². The maximum atomic E-state index is 11.1. The number of hydrogen-bond donors (Lipinski definition) is 1. The van der Waals surface area contributed by atoms with E-state index in [9.17, 15) is 4.79 Å². The molecular formula is C8H14O3. The monoisotopic (exact) mass is 158 g/mol. The molecule has 0 amide bonds. The molecule has 3 nitrogen and oxygen atoms in total. The van der Waals surface area contributed by atoms with Crippen LogP contribution in [0.2, 0.25) is 0 Å². The number of hydrogen-bond acceptors (Lipinski definition) is 3. The van der Waals surface area contributed by atoms with E-state index in [1.54, 1.807) is 0 Å². The molecule has 0 saturated carbocycles. The maximum Gasteiger partial charge on any atom is 0.311 e. The number of esters is 1. The summed E-state index contributed by atoms with van der Waals surface area (Å²) in [5, 5.41) is 8.73. The molecule has 1 N–H and O–H groups in total. The van der Waals surface area contributed by atoms with Gasteiger partial charge in [-0.2, -0.15) is 0 Å². The Morgan fingerprint density at radius 2 is 2.36 bits per heavy atom. The summed E-state index contributed by atoms with van der Waals surface area (Å²) in [7, 11) is 0. The highest BCUT2D eigenvalue weighted by molar-refractivity contribution is 5.73. The van der Waals surface area contributed by atoms with Crippen molar-refractivity contribution >= 4 is 5.97 Å². The van der Waals surface area contributed by atoms with E-state index in [1.165, 1.54) is 0 Å². The van der Waals surface area contributed by atoms with Crippen LogP contribution in [-0.2, 0) is 9.53 Å². The zero-order chi connectivity index (χ0) is 8.48. The quantitative estimate of drug-likeness (QED) is 0.572. The van der Waals surface area contributed by atoms with Crippen LogP contribution < -0.4 is 0 Å². The fraction of sp³-hybridized carbons (Fsp3) is 0.875. The first-order chi connectivity index (χ1) is 5.05. The molecule has 0 bridgehead atoms. The van der Waals surface area contributed by atoms with Crippen LogP contribution in [0.5, 0.6) is 0 Å². The summed E-state index contributed by atoms with van der Waals surface area (Å²) in [4.78, 5) is 11.1. The number of aliphatic hydroxyl groups is 1. The van der Waals surface area contributed by atoms with Crippen molar-refractivity contribution < 1.29 is 14.6 Å². The van der Waals surface area contributed by atoms with Gasteiger partial charge >= 0.3 is 5.97 Å². The Bertz CT molecular complexity index is 163. The van der Waals surface area contributed by atoms with Crippen LogP contribution in [-0.4, -0.2) is 23.3 Å². The second-order valence-electron chi connectivity index (χ2n) is 3.60. The average molecular weight is 158 g/mol. The van der Waals surface area contributed by atoms with Gasteiger partial charge in [0.05, 0.1) is 12.5 Å². The second-order valence-corrected chi connectivity index (χ2v) is 3.60. The van der Waals surface area contributed by atoms with E-state index >= 15 is 0 Å². The Morgan fingerprint density at radius 3 is 2.82 bits per heavy atom. The number of carbonyl (C=O) groups excluding carboxylic acids is 1. The topological polar surface area (TPSA) is 46.5 Å². The molecule has 0 aromatic carbocycles. The largest absolute Gasteiger partial charge is 0.459 e. The van der Waals surface area contributed by atoms with E-state index < -0.39 is 0 Å². The highest BCUT2D eigenvalue weighted by Gasteiger charge is 2.34. The zero-order valence-electron chi connectivity index (χ0n) is 6.96. The van der Waals surface area contributed by atoms with Gasteiger partial charge < -0.3 is 9.84 Å². The first-order valence-electron chi connectivity index (χ1n) is 3.89. The minimum absolute atomic E-state index is 0.0884. The van der Waals surface area contributed by atoms with Crippen molar-refractivity contribution in [2.75, 3.05) is 6.61 Å². The standard InChI is InChI=1S/C8H14O3/c1-8(2)4-3-6(5-9)7(10)11-8/h6,9H,3-5H2,1-2H3. The van der Waals surface area contributed by atoms with Gasteiger partial charge in [-0.1, -0.05) is 0 Å². The lowest BCUT2D eigenvalue weighted by Crippen LogP contribution is -2.38. The molecule has 3 heteroatoms. The van der Waals surface area contributed by atoms with Crippen molar-refractivity contribution in [3.05, 3.63) is 0 Å². The Hall–Kier alpha value is -0.570. The molecule has 0 radical (unpaired) electrons. The summed E-state index contributed by atoms with van der Waals surface area (Å²) in [6, 6.07) is 0. The van der Waals surface area contributed by atoms with Crippen molar-refractivity contribution in [1.82, 2.24) is 0 Å². The van der Waals surface area contributed by atoms with Crippen LogP contribution in [0.25, 0.3) is 0 Å². The van der Waals surface area contributed by atoms with E-state index in [0.29, 0.717) is 0 Å². The molecule has 0 aromatic rings. The molecule has 1 saturated heterocycles. The van der Waals surface area contributed by atoms with Crippen LogP contribution in [0, 0.1) is 5.92 Å². The Kier molecular flexibility index (Phi) is 2.18. The van der Waals surface area contributed by atoms with Gasteiger partial charge in [-0.25, -0.2) is 0 Å². The minimum Gasteiger partial charge on any atom is -0.459 e. The van der Waals surface area contributed by atoms with Crippen molar-refractivity contribution in [3.63, 3.8) is 0 Å². The van der Waals surface area contributed by atoms with Crippen LogP contribution in [0.3, 0.4) is 0 Å². The van der Waals surface area contributed by atoms with Gasteiger partial charge in [0.2, 0.25) is 0 Å². The molecule has 1 unspecified atom stereocenters. The molecule has 0 spiro atoms. The molecular weight excluding hydrogens is 144 g/mol. The molecule has 1 aliphatic rings. The van der Waals surface area contributed by atoms with Crippen LogP contribution in [0.15, 0.2) is 0 Å². The van der Waals surface area contributed by atoms with E-state index in [0.717, 1.165) is 12.8 Å². The van der Waals surface area contributed by atoms with E-state index in [1.807, 2.05) is 13.8 Å². The van der Waals surface area contributed by atoms with Gasteiger partial charge in [-0.15, -0.1) is 0 Å². The number of rotatable bonds is 1. The molecule has 11 heavy (non-hydrogen) atoms. The average Bonchev–Trinajstić information content (AvgIpc) is 1.86. The number of cyclic esters (lactones) is 1. The highest BCUT2D eigenvalue weighted by atomic mass is 16.6. The highest BCUT2D eigenvalue weighted by Crippen LogP contribution is 2.27. The summed E-state index contributed by atoms with van der Waals surface area (Å²) >= 11 is 0. The Balaban J connectivity index is 2.55. The van der Waals surface area contributed by atoms with Crippen LogP contribution >= 0.6 is 0 Å². The van der Waals surface area contributed by atoms with Crippen LogP contribution in [0.1, 0.15) is 26.7 Å². The lowest BCUT2D eigenvalue weighted by molar-refractivity contribution is -0.171. The zero-order valence-corrected chi connectivity index (χ0v) is 6.96. The van der Waals surface area contributed by atoms with Crippen LogP contribution in [0.4, 0.5) is 0 Å². The summed E-state index contributed by atoms with van der Waals surface area (Å²) in [5.41, 5.74) is -0.331. The second kappa shape index (κ2) is 2.81. The SMILES string of the molecule is CC1(C)CCC(CO)C(=O)O1.